The number of rotatable bonds is 3. The molecule has 0 aromatic heterocycles. The van der Waals surface area contributed by atoms with E-state index in [1.165, 1.54) is 40.7 Å². The Labute approximate surface area is 371 Å². The van der Waals surface area contributed by atoms with Gasteiger partial charge in [0, 0.05) is 61.2 Å². The molecule has 326 valence electrons. The van der Waals surface area contributed by atoms with Gasteiger partial charge in [0.25, 0.3) is 0 Å². The number of carbonyl (C=O) groups is 2. The van der Waals surface area contributed by atoms with Gasteiger partial charge in [-0.15, -0.1) is 0 Å². The van der Waals surface area contributed by atoms with Crippen molar-refractivity contribution in [3.8, 4) is 0 Å². The Morgan fingerprint density at radius 3 is 2.73 bits per heavy atom. The Morgan fingerprint density at radius 2 is 1.84 bits per heavy atom. The van der Waals surface area contributed by atoms with Crippen LogP contribution in [0.4, 0.5) is 0 Å². The standard InChI is InChI=1S/C55H61N3O5/c1-29-20-36-14-16-43-38-22-32-26-57(28-38)30(2)21-44(59)50-53-18-17-40-42-25-37(46(29)48(40)49(36)58(43)27-32)24-35-8-3-6-33-13-11-31(12-15-39(33)35)23-45(54(42,53)52(61)62-50)55(53)41-10-4-7-34(9-5-19-56)47(41)51(60)63-55/h3-4,6-8,10,12,15,25,29-32,38,43,45-46,48,59H,5,9,11,13-14,16-24,26-28,56H2,1-2H3. The van der Waals surface area contributed by atoms with E-state index in [-0.39, 0.29) is 35.6 Å². The number of allylic oxidation sites excluding steroid dienone is 5. The van der Waals surface area contributed by atoms with Crippen LogP contribution in [0.3, 0.4) is 0 Å². The highest BCUT2D eigenvalue weighted by molar-refractivity contribution is 6.00. The second-order valence-electron chi connectivity index (χ2n) is 22.3. The SMILES string of the molecule is CC1CC2=C3C4C5=C6C=C(Cc7cccc8c7C=CC(CC8)CC7C68C(=O)OC(=C(O)CC(C)N6CC9CC(C6)C(CC2)N3C9)C8(CC5)C72OC(=O)c3c(CCCN)cccc32)C14. The van der Waals surface area contributed by atoms with Crippen molar-refractivity contribution in [1.82, 2.24) is 9.80 Å². The number of aliphatic hydroxyl groups excluding tert-OH is 1. The molecule has 8 nitrogen and oxygen atoms in total. The summed E-state index contributed by atoms with van der Waals surface area (Å²) in [6.07, 6.45) is 18.7. The third-order valence-corrected chi connectivity index (χ3v) is 19.7. The number of esters is 2. The van der Waals surface area contributed by atoms with Gasteiger partial charge >= 0.3 is 11.9 Å². The summed E-state index contributed by atoms with van der Waals surface area (Å²) < 4.78 is 14.2. The van der Waals surface area contributed by atoms with Crippen molar-refractivity contribution in [3.63, 3.8) is 0 Å². The first-order valence-electron chi connectivity index (χ1n) is 24.8. The average Bonchev–Trinajstić information content (AvgIpc) is 3.62. The van der Waals surface area contributed by atoms with E-state index in [2.05, 4.69) is 78.3 Å². The average molecular weight is 844 g/mol. The number of nitrogens with two attached hydrogens (primary N) is 1. The highest BCUT2D eigenvalue weighted by atomic mass is 16.6. The second kappa shape index (κ2) is 12.9. The Bertz CT molecular complexity index is 2620. The summed E-state index contributed by atoms with van der Waals surface area (Å²) in [4.78, 5) is 36.7. The molecule has 2 aromatic rings. The lowest BCUT2D eigenvalue weighted by Gasteiger charge is -2.71. The van der Waals surface area contributed by atoms with Crippen LogP contribution in [-0.2, 0) is 39.1 Å². The fraction of sp³-hybridized carbons (Fsp3) is 0.564. The molecule has 4 fully saturated rings. The minimum atomic E-state index is -1.20. The summed E-state index contributed by atoms with van der Waals surface area (Å²) in [5.74, 6) is 1.86. The number of fused-ring (bicyclic) bond motifs is 5. The van der Waals surface area contributed by atoms with Gasteiger partial charge in [0.05, 0.1) is 11.0 Å². The number of ether oxygens (including phenoxy) is 2. The predicted octanol–water partition coefficient (Wildman–Crippen LogP) is 8.86. The molecule has 63 heavy (non-hydrogen) atoms. The van der Waals surface area contributed by atoms with Gasteiger partial charge in [0.15, 0.2) is 11.4 Å². The lowest BCUT2D eigenvalue weighted by Crippen LogP contribution is -2.77. The summed E-state index contributed by atoms with van der Waals surface area (Å²) in [6.45, 7) is 8.45. The number of carbonyl (C=O) groups excluding carboxylic acids is 2. The molecule has 3 saturated heterocycles. The van der Waals surface area contributed by atoms with Crippen LogP contribution < -0.4 is 5.73 Å². The first kappa shape index (κ1) is 37.9. The number of hydrogen-bond donors (Lipinski definition) is 2. The Balaban J connectivity index is 1.10. The molecule has 6 aliphatic carbocycles. The monoisotopic (exact) mass is 843 g/mol. The fourth-order valence-electron chi connectivity index (χ4n) is 17.6. The molecule has 3 spiro atoms. The van der Waals surface area contributed by atoms with Gasteiger partial charge in [0.2, 0.25) is 0 Å². The van der Waals surface area contributed by atoms with Crippen molar-refractivity contribution in [1.29, 1.82) is 0 Å². The van der Waals surface area contributed by atoms with Crippen LogP contribution in [0.1, 0.15) is 116 Å². The van der Waals surface area contributed by atoms with Gasteiger partial charge < -0.3 is 25.2 Å². The maximum atomic E-state index is 16.1. The molecule has 13 unspecified atom stereocenters. The Kier molecular flexibility index (Phi) is 7.77. The van der Waals surface area contributed by atoms with Gasteiger partial charge in [-0.1, -0.05) is 78.3 Å². The molecule has 9 aliphatic heterocycles. The summed E-state index contributed by atoms with van der Waals surface area (Å²) in [6, 6.07) is 13.8. The van der Waals surface area contributed by atoms with Crippen molar-refractivity contribution in [2.45, 2.75) is 115 Å². The highest BCUT2D eigenvalue weighted by Crippen LogP contribution is 2.87. The van der Waals surface area contributed by atoms with E-state index in [4.69, 9.17) is 15.2 Å². The molecule has 2 aromatic carbocycles. The molecule has 8 heteroatoms. The number of benzene rings is 2. The zero-order valence-electron chi connectivity index (χ0n) is 37.0. The van der Waals surface area contributed by atoms with E-state index in [9.17, 15) is 9.90 Å². The Hall–Kier alpha value is -4.40. The first-order valence-corrected chi connectivity index (χ1v) is 24.8. The van der Waals surface area contributed by atoms with Crippen molar-refractivity contribution in [2.75, 3.05) is 26.2 Å². The number of hydrogen-bond acceptors (Lipinski definition) is 8. The molecule has 15 bridgehead atoms. The van der Waals surface area contributed by atoms with Crippen LogP contribution in [0.15, 0.2) is 88.1 Å². The summed E-state index contributed by atoms with van der Waals surface area (Å²) in [7, 11) is 0. The normalized spacial score (nSPS) is 41.9. The van der Waals surface area contributed by atoms with Crippen LogP contribution >= 0.6 is 0 Å². The molecule has 0 radical (unpaired) electrons. The van der Waals surface area contributed by atoms with Gasteiger partial charge in [-0.25, -0.2) is 4.79 Å². The van der Waals surface area contributed by atoms with Crippen LogP contribution in [0, 0.1) is 52.3 Å². The smallest absolute Gasteiger partial charge is 0.339 e. The number of aliphatic hydroxyl groups is 1. The minimum absolute atomic E-state index is 0.0539. The third kappa shape index (κ3) is 4.47. The first-order chi connectivity index (χ1) is 30.7. The largest absolute Gasteiger partial charge is 0.509 e. The highest BCUT2D eigenvalue weighted by Gasteiger charge is 2.93. The quantitative estimate of drug-likeness (QED) is 0.296. The van der Waals surface area contributed by atoms with Crippen LogP contribution in [0.5, 0.6) is 0 Å². The van der Waals surface area contributed by atoms with E-state index < -0.39 is 22.3 Å². The predicted molar refractivity (Wildman–Crippen MR) is 240 cm³/mol. The summed E-state index contributed by atoms with van der Waals surface area (Å²) >= 11 is 0. The topological polar surface area (TPSA) is 105 Å². The molecular weight excluding hydrogens is 783 g/mol. The van der Waals surface area contributed by atoms with Crippen molar-refractivity contribution in [3.05, 3.63) is 121 Å². The minimum Gasteiger partial charge on any atom is -0.509 e. The van der Waals surface area contributed by atoms with Gasteiger partial charge in [0.1, 0.15) is 11.2 Å². The third-order valence-electron chi connectivity index (χ3n) is 19.7. The molecule has 13 atom stereocenters. The van der Waals surface area contributed by atoms with Crippen molar-refractivity contribution >= 4 is 18.0 Å². The number of piperidine rings is 2. The Morgan fingerprint density at radius 1 is 0.968 bits per heavy atom. The van der Waals surface area contributed by atoms with Crippen LogP contribution in [0.25, 0.3) is 6.08 Å². The van der Waals surface area contributed by atoms with Gasteiger partial charge in [-0.05, 0) is 148 Å². The summed E-state index contributed by atoms with van der Waals surface area (Å²) in [5, 5.41) is 13.0. The van der Waals surface area contributed by atoms with E-state index in [0.29, 0.717) is 73.3 Å². The maximum Gasteiger partial charge on any atom is 0.339 e. The molecule has 17 rings (SSSR count). The fourth-order valence-corrected chi connectivity index (χ4v) is 17.6. The lowest BCUT2D eigenvalue weighted by atomic mass is 9.28. The molecule has 9 heterocycles. The van der Waals surface area contributed by atoms with Crippen molar-refractivity contribution < 1.29 is 24.2 Å². The number of aryl methyl sites for hydroxylation is 2. The second-order valence-corrected chi connectivity index (χ2v) is 22.3. The zero-order chi connectivity index (χ0) is 42.3. The van der Waals surface area contributed by atoms with Crippen molar-refractivity contribution in [2.24, 2.45) is 58.0 Å². The zero-order valence-corrected chi connectivity index (χ0v) is 37.0. The maximum absolute atomic E-state index is 16.1. The molecule has 3 N–H and O–H groups in total. The lowest BCUT2D eigenvalue weighted by molar-refractivity contribution is -0.277. The van der Waals surface area contributed by atoms with E-state index in [1.54, 1.807) is 11.3 Å². The van der Waals surface area contributed by atoms with E-state index >= 15 is 4.79 Å². The van der Waals surface area contributed by atoms with Gasteiger partial charge in [-0.2, -0.15) is 0 Å². The van der Waals surface area contributed by atoms with Crippen LogP contribution in [0.2, 0.25) is 0 Å². The van der Waals surface area contributed by atoms with E-state index in [0.717, 1.165) is 81.3 Å². The van der Waals surface area contributed by atoms with E-state index in [1.807, 2.05) is 0 Å². The molecule has 1 saturated carbocycles. The van der Waals surface area contributed by atoms with Gasteiger partial charge in [-0.3, -0.25) is 9.69 Å². The molecular formula is C55H61N3O5. The number of nitrogens with zero attached hydrogens (tertiary/aromatic N) is 2. The van der Waals surface area contributed by atoms with Crippen LogP contribution in [-0.4, -0.2) is 65.1 Å². The molecule has 15 aliphatic rings. The molecule has 0 amide bonds. The summed E-state index contributed by atoms with van der Waals surface area (Å²) in [5.41, 5.74) is 16.6.